The average Bonchev–Trinajstić information content (AvgIpc) is 2.68. The second-order valence-corrected chi connectivity index (χ2v) is 6.65. The standard InChI is InChI=1S/C22H26O3/c1-24-22(23)15-13-17-12-14-21(25-19-10-6-3-7-11-19)20(16-17)18-8-4-2-5-9-18/h2,4-5,8-9,12,14,16,19H,3,6-7,10-11,13,15H2,1H3. The van der Waals surface area contributed by atoms with Gasteiger partial charge in [-0.3, -0.25) is 4.79 Å². The van der Waals surface area contributed by atoms with Crippen LogP contribution in [0.1, 0.15) is 44.1 Å². The Morgan fingerprint density at radius 2 is 1.80 bits per heavy atom. The first-order valence-electron chi connectivity index (χ1n) is 9.18. The van der Waals surface area contributed by atoms with Gasteiger partial charge in [0.25, 0.3) is 0 Å². The van der Waals surface area contributed by atoms with Crippen LogP contribution < -0.4 is 4.74 Å². The van der Waals surface area contributed by atoms with Gasteiger partial charge in [0.2, 0.25) is 0 Å². The van der Waals surface area contributed by atoms with E-state index in [-0.39, 0.29) is 5.97 Å². The molecule has 3 nitrogen and oxygen atoms in total. The van der Waals surface area contributed by atoms with Crippen LogP contribution in [0.15, 0.2) is 48.5 Å². The maximum absolute atomic E-state index is 11.4. The van der Waals surface area contributed by atoms with Crippen molar-refractivity contribution >= 4 is 5.97 Å². The lowest BCUT2D eigenvalue weighted by molar-refractivity contribution is -0.140. The van der Waals surface area contributed by atoms with Crippen molar-refractivity contribution in [2.24, 2.45) is 0 Å². The number of carbonyl (C=O) groups is 1. The van der Waals surface area contributed by atoms with Gasteiger partial charge >= 0.3 is 5.97 Å². The van der Waals surface area contributed by atoms with Crippen molar-refractivity contribution in [3.05, 3.63) is 54.1 Å². The summed E-state index contributed by atoms with van der Waals surface area (Å²) in [5.41, 5.74) is 3.38. The van der Waals surface area contributed by atoms with Gasteiger partial charge in [0.05, 0.1) is 13.2 Å². The smallest absolute Gasteiger partial charge is 0.305 e. The maximum Gasteiger partial charge on any atom is 0.305 e. The molecule has 1 saturated carbocycles. The Hall–Kier alpha value is -2.29. The number of benzene rings is 2. The number of esters is 1. The zero-order valence-electron chi connectivity index (χ0n) is 14.9. The molecule has 3 rings (SSSR count). The molecule has 1 fully saturated rings. The molecule has 2 aromatic rings. The molecule has 0 spiro atoms. The molecule has 0 N–H and O–H groups in total. The number of ether oxygens (including phenoxy) is 2. The molecule has 0 bridgehead atoms. The summed E-state index contributed by atoms with van der Waals surface area (Å²) in [5.74, 6) is 0.767. The van der Waals surface area contributed by atoms with Crippen LogP contribution in [0.3, 0.4) is 0 Å². The van der Waals surface area contributed by atoms with Gasteiger partial charge in [0.15, 0.2) is 0 Å². The number of hydrogen-bond acceptors (Lipinski definition) is 3. The fraction of sp³-hybridized carbons (Fsp3) is 0.409. The molecule has 25 heavy (non-hydrogen) atoms. The van der Waals surface area contributed by atoms with Gasteiger partial charge in [-0.05, 0) is 55.4 Å². The summed E-state index contributed by atoms with van der Waals surface area (Å²) in [6, 6.07) is 16.6. The van der Waals surface area contributed by atoms with E-state index in [1.54, 1.807) is 0 Å². The molecule has 2 aromatic carbocycles. The highest BCUT2D eigenvalue weighted by Gasteiger charge is 2.17. The van der Waals surface area contributed by atoms with Gasteiger partial charge in [0.1, 0.15) is 5.75 Å². The van der Waals surface area contributed by atoms with Crippen LogP contribution in [0.25, 0.3) is 11.1 Å². The number of methoxy groups -OCH3 is 1. The summed E-state index contributed by atoms with van der Waals surface area (Å²) >= 11 is 0. The first-order chi connectivity index (χ1) is 12.3. The maximum atomic E-state index is 11.4. The van der Waals surface area contributed by atoms with Crippen LogP contribution in [0.5, 0.6) is 5.75 Å². The number of aryl methyl sites for hydroxylation is 1. The van der Waals surface area contributed by atoms with Gasteiger partial charge in [0, 0.05) is 12.0 Å². The minimum atomic E-state index is -0.177. The SMILES string of the molecule is COC(=O)CCc1ccc(OC2CCCCC2)c(-c2ccccc2)c1. The van der Waals surface area contributed by atoms with Crippen molar-refractivity contribution in [1.82, 2.24) is 0 Å². The first kappa shape index (κ1) is 17.5. The lowest BCUT2D eigenvalue weighted by Gasteiger charge is -2.24. The van der Waals surface area contributed by atoms with Gasteiger partial charge in [-0.2, -0.15) is 0 Å². The van der Waals surface area contributed by atoms with Crippen molar-refractivity contribution in [2.45, 2.75) is 51.0 Å². The Kier molecular flexibility index (Phi) is 6.10. The molecular weight excluding hydrogens is 312 g/mol. The molecule has 0 aliphatic heterocycles. The van der Waals surface area contributed by atoms with Crippen molar-refractivity contribution in [2.75, 3.05) is 7.11 Å². The fourth-order valence-electron chi connectivity index (χ4n) is 3.39. The largest absolute Gasteiger partial charge is 0.490 e. The monoisotopic (exact) mass is 338 g/mol. The molecule has 0 amide bonds. The highest BCUT2D eigenvalue weighted by atomic mass is 16.5. The molecule has 132 valence electrons. The van der Waals surface area contributed by atoms with E-state index in [0.717, 1.165) is 35.3 Å². The van der Waals surface area contributed by atoms with E-state index in [1.807, 2.05) is 18.2 Å². The number of carbonyl (C=O) groups excluding carboxylic acids is 1. The molecule has 1 aliphatic rings. The summed E-state index contributed by atoms with van der Waals surface area (Å²) < 4.78 is 11.1. The van der Waals surface area contributed by atoms with Crippen molar-refractivity contribution < 1.29 is 14.3 Å². The van der Waals surface area contributed by atoms with E-state index in [9.17, 15) is 4.79 Å². The topological polar surface area (TPSA) is 35.5 Å². The van der Waals surface area contributed by atoms with Crippen LogP contribution in [0, 0.1) is 0 Å². The quantitative estimate of drug-likeness (QED) is 0.682. The van der Waals surface area contributed by atoms with Crippen LogP contribution >= 0.6 is 0 Å². The fourth-order valence-corrected chi connectivity index (χ4v) is 3.39. The van der Waals surface area contributed by atoms with E-state index in [1.165, 1.54) is 26.4 Å². The second kappa shape index (κ2) is 8.70. The Morgan fingerprint density at radius 1 is 1.04 bits per heavy atom. The van der Waals surface area contributed by atoms with Crippen molar-refractivity contribution in [1.29, 1.82) is 0 Å². The molecule has 1 aliphatic carbocycles. The predicted octanol–water partition coefficient (Wildman–Crippen LogP) is 5.17. The Bertz CT molecular complexity index is 688. The highest BCUT2D eigenvalue weighted by molar-refractivity contribution is 5.72. The molecule has 0 atom stereocenters. The Labute approximate surface area is 150 Å². The summed E-state index contributed by atoms with van der Waals surface area (Å²) in [4.78, 5) is 11.4. The van der Waals surface area contributed by atoms with Crippen LogP contribution in [-0.4, -0.2) is 19.2 Å². The van der Waals surface area contributed by atoms with E-state index in [0.29, 0.717) is 18.9 Å². The highest BCUT2D eigenvalue weighted by Crippen LogP contribution is 2.34. The van der Waals surface area contributed by atoms with E-state index in [4.69, 9.17) is 9.47 Å². The van der Waals surface area contributed by atoms with E-state index >= 15 is 0 Å². The third-order valence-corrected chi connectivity index (χ3v) is 4.82. The molecule has 0 heterocycles. The van der Waals surface area contributed by atoms with E-state index < -0.39 is 0 Å². The molecular formula is C22H26O3. The van der Waals surface area contributed by atoms with Gasteiger partial charge in [-0.1, -0.05) is 42.8 Å². The van der Waals surface area contributed by atoms with Crippen LogP contribution in [0.2, 0.25) is 0 Å². The minimum Gasteiger partial charge on any atom is -0.490 e. The Morgan fingerprint density at radius 3 is 2.52 bits per heavy atom. The van der Waals surface area contributed by atoms with Crippen LogP contribution in [-0.2, 0) is 16.0 Å². The third-order valence-electron chi connectivity index (χ3n) is 4.82. The zero-order valence-corrected chi connectivity index (χ0v) is 14.9. The molecule has 3 heteroatoms. The van der Waals surface area contributed by atoms with Crippen molar-refractivity contribution in [3.63, 3.8) is 0 Å². The summed E-state index contributed by atoms with van der Waals surface area (Å²) in [7, 11) is 1.43. The molecule has 0 aromatic heterocycles. The normalized spacial score (nSPS) is 14.9. The zero-order chi connectivity index (χ0) is 17.5. The second-order valence-electron chi connectivity index (χ2n) is 6.65. The van der Waals surface area contributed by atoms with Gasteiger partial charge < -0.3 is 9.47 Å². The molecule has 0 radical (unpaired) electrons. The third kappa shape index (κ3) is 4.85. The predicted molar refractivity (Wildman–Crippen MR) is 99.7 cm³/mol. The Balaban J connectivity index is 1.84. The van der Waals surface area contributed by atoms with Crippen LogP contribution in [0.4, 0.5) is 0 Å². The van der Waals surface area contributed by atoms with Gasteiger partial charge in [-0.25, -0.2) is 0 Å². The van der Waals surface area contributed by atoms with Crippen molar-refractivity contribution in [3.8, 4) is 16.9 Å². The first-order valence-corrected chi connectivity index (χ1v) is 9.18. The number of hydrogen-bond donors (Lipinski definition) is 0. The lowest BCUT2D eigenvalue weighted by Crippen LogP contribution is -2.20. The summed E-state index contributed by atoms with van der Waals surface area (Å²) in [5, 5.41) is 0. The molecule has 0 unspecified atom stereocenters. The minimum absolute atomic E-state index is 0.177. The summed E-state index contributed by atoms with van der Waals surface area (Å²) in [6.45, 7) is 0. The summed E-state index contributed by atoms with van der Waals surface area (Å²) in [6.07, 6.45) is 7.49. The lowest BCUT2D eigenvalue weighted by atomic mass is 9.96. The average molecular weight is 338 g/mol. The number of rotatable bonds is 6. The molecule has 0 saturated heterocycles. The van der Waals surface area contributed by atoms with E-state index in [2.05, 4.69) is 30.3 Å². The van der Waals surface area contributed by atoms with Gasteiger partial charge in [-0.15, -0.1) is 0 Å².